The topological polar surface area (TPSA) is 66.8 Å². The van der Waals surface area contributed by atoms with Crippen LogP contribution < -0.4 is 4.74 Å². The van der Waals surface area contributed by atoms with Crippen LogP contribution >= 0.6 is 11.8 Å². The zero-order valence-electron chi connectivity index (χ0n) is 17.3. The SMILES string of the molecule is CC(C)COc1ccc(C2=C(SCCO)C(=O)N(CCc3ccccc3)C2=O)cc1. The molecule has 158 valence electrons. The summed E-state index contributed by atoms with van der Waals surface area (Å²) in [6.07, 6.45) is 0.603. The van der Waals surface area contributed by atoms with Crippen molar-refractivity contribution < 1.29 is 19.4 Å². The van der Waals surface area contributed by atoms with Crippen molar-refractivity contribution in [2.24, 2.45) is 5.92 Å². The highest BCUT2D eigenvalue weighted by molar-refractivity contribution is 8.04. The van der Waals surface area contributed by atoms with Crippen molar-refractivity contribution in [3.63, 3.8) is 0 Å². The minimum Gasteiger partial charge on any atom is -0.493 e. The van der Waals surface area contributed by atoms with Crippen molar-refractivity contribution in [1.29, 1.82) is 0 Å². The number of carbonyl (C=O) groups excluding carboxylic acids is 2. The summed E-state index contributed by atoms with van der Waals surface area (Å²) in [4.78, 5) is 27.9. The molecule has 6 heteroatoms. The van der Waals surface area contributed by atoms with Gasteiger partial charge in [-0.15, -0.1) is 11.8 Å². The molecule has 5 nitrogen and oxygen atoms in total. The third kappa shape index (κ3) is 5.32. The molecule has 0 unspecified atom stereocenters. The molecule has 0 spiro atoms. The fourth-order valence-corrected chi connectivity index (χ4v) is 4.04. The van der Waals surface area contributed by atoms with E-state index in [1.807, 2.05) is 54.6 Å². The van der Waals surface area contributed by atoms with Gasteiger partial charge in [0.2, 0.25) is 0 Å². The number of amides is 2. The number of nitrogens with zero attached hydrogens (tertiary/aromatic N) is 1. The highest BCUT2D eigenvalue weighted by Gasteiger charge is 2.38. The molecule has 1 aliphatic rings. The lowest BCUT2D eigenvalue weighted by molar-refractivity contribution is -0.136. The summed E-state index contributed by atoms with van der Waals surface area (Å²) < 4.78 is 5.72. The lowest BCUT2D eigenvalue weighted by Crippen LogP contribution is -2.33. The first-order valence-corrected chi connectivity index (χ1v) is 11.1. The third-order valence-electron chi connectivity index (χ3n) is 4.66. The Bertz CT molecular complexity index is 907. The van der Waals surface area contributed by atoms with Crippen molar-refractivity contribution in [3.8, 4) is 5.75 Å². The molecule has 2 amide bonds. The Kier molecular flexibility index (Phi) is 7.71. The standard InChI is InChI=1S/C24H27NO4S/c1-17(2)16-29-20-10-8-19(9-11-20)21-22(30-15-14-26)24(28)25(23(21)27)13-12-18-6-4-3-5-7-18/h3-11,17,26H,12-16H2,1-2H3. The Balaban J connectivity index is 1.80. The predicted octanol–water partition coefficient (Wildman–Crippen LogP) is 3.77. The molecule has 0 fully saturated rings. The minimum atomic E-state index is -0.287. The van der Waals surface area contributed by atoms with Crippen LogP contribution in [0.1, 0.15) is 25.0 Å². The molecular formula is C24H27NO4S. The molecule has 3 rings (SSSR count). The third-order valence-corrected chi connectivity index (χ3v) is 5.71. The summed E-state index contributed by atoms with van der Waals surface area (Å²) in [5.41, 5.74) is 2.16. The molecule has 0 saturated carbocycles. The largest absolute Gasteiger partial charge is 0.493 e. The first kappa shape index (κ1) is 22.1. The molecular weight excluding hydrogens is 398 g/mol. The Hall–Kier alpha value is -2.57. The number of benzene rings is 2. The fraction of sp³-hybridized carbons (Fsp3) is 0.333. The fourth-order valence-electron chi connectivity index (χ4n) is 3.16. The predicted molar refractivity (Wildman–Crippen MR) is 120 cm³/mol. The molecule has 2 aromatic carbocycles. The molecule has 2 aromatic rings. The molecule has 0 bridgehead atoms. The number of ether oxygens (including phenoxy) is 1. The van der Waals surface area contributed by atoms with Gasteiger partial charge in [-0.3, -0.25) is 14.5 Å². The molecule has 1 N–H and O–H groups in total. The van der Waals surface area contributed by atoms with E-state index in [0.29, 0.717) is 47.3 Å². The number of hydrogen-bond donors (Lipinski definition) is 1. The highest BCUT2D eigenvalue weighted by atomic mass is 32.2. The molecule has 1 heterocycles. The number of imide groups is 1. The summed E-state index contributed by atoms with van der Waals surface area (Å²) in [6, 6.07) is 17.1. The summed E-state index contributed by atoms with van der Waals surface area (Å²) in [5, 5.41) is 9.22. The molecule has 0 saturated heterocycles. The van der Waals surface area contributed by atoms with Gasteiger partial charge in [0, 0.05) is 12.3 Å². The van der Waals surface area contributed by atoms with Crippen LogP contribution in [0.4, 0.5) is 0 Å². The highest BCUT2D eigenvalue weighted by Crippen LogP contribution is 2.36. The van der Waals surface area contributed by atoms with Crippen LogP contribution in [0.2, 0.25) is 0 Å². The molecule has 0 radical (unpaired) electrons. The first-order valence-electron chi connectivity index (χ1n) is 10.1. The molecule has 30 heavy (non-hydrogen) atoms. The monoisotopic (exact) mass is 425 g/mol. The first-order chi connectivity index (χ1) is 14.5. The Labute approximate surface area is 181 Å². The lowest BCUT2D eigenvalue weighted by atomic mass is 10.1. The van der Waals surface area contributed by atoms with Gasteiger partial charge in [-0.1, -0.05) is 56.3 Å². The van der Waals surface area contributed by atoms with Gasteiger partial charge in [0.25, 0.3) is 11.8 Å². The molecule has 0 aromatic heterocycles. The van der Waals surface area contributed by atoms with Crippen molar-refractivity contribution in [2.75, 3.05) is 25.5 Å². The number of rotatable bonds is 10. The Morgan fingerprint density at radius 1 is 1.00 bits per heavy atom. The van der Waals surface area contributed by atoms with Gasteiger partial charge in [-0.2, -0.15) is 0 Å². The van der Waals surface area contributed by atoms with Crippen molar-refractivity contribution >= 4 is 29.1 Å². The van der Waals surface area contributed by atoms with Gasteiger partial charge in [-0.05, 0) is 35.6 Å². The van der Waals surface area contributed by atoms with Crippen LogP contribution in [0.15, 0.2) is 59.5 Å². The number of carbonyl (C=O) groups is 2. The van der Waals surface area contributed by atoms with E-state index in [-0.39, 0.29) is 18.4 Å². The minimum absolute atomic E-state index is 0.0606. The van der Waals surface area contributed by atoms with Gasteiger partial charge in [0.1, 0.15) is 5.75 Å². The summed E-state index contributed by atoms with van der Waals surface area (Å²) >= 11 is 1.23. The second-order valence-corrected chi connectivity index (χ2v) is 8.61. The number of thioether (sulfide) groups is 1. The van der Waals surface area contributed by atoms with Crippen LogP contribution in [0, 0.1) is 5.92 Å². The van der Waals surface area contributed by atoms with E-state index in [4.69, 9.17) is 4.74 Å². The summed E-state index contributed by atoms with van der Waals surface area (Å²) in [7, 11) is 0. The molecule has 1 aliphatic heterocycles. The van der Waals surface area contributed by atoms with Crippen LogP contribution in [0.3, 0.4) is 0 Å². The smallest absolute Gasteiger partial charge is 0.267 e. The number of hydrogen-bond acceptors (Lipinski definition) is 5. The lowest BCUT2D eigenvalue weighted by Gasteiger charge is -2.15. The van der Waals surface area contributed by atoms with Gasteiger partial charge < -0.3 is 9.84 Å². The van der Waals surface area contributed by atoms with Crippen molar-refractivity contribution in [3.05, 3.63) is 70.6 Å². The van der Waals surface area contributed by atoms with Gasteiger partial charge in [-0.25, -0.2) is 0 Å². The van der Waals surface area contributed by atoms with Crippen LogP contribution in [0.25, 0.3) is 5.57 Å². The average molecular weight is 426 g/mol. The van der Waals surface area contributed by atoms with E-state index in [2.05, 4.69) is 13.8 Å². The molecule has 0 aliphatic carbocycles. The zero-order chi connectivity index (χ0) is 21.5. The van der Waals surface area contributed by atoms with E-state index in [1.165, 1.54) is 16.7 Å². The van der Waals surface area contributed by atoms with Crippen molar-refractivity contribution in [1.82, 2.24) is 4.90 Å². The second kappa shape index (κ2) is 10.5. The van der Waals surface area contributed by atoms with E-state index in [9.17, 15) is 14.7 Å². The number of aliphatic hydroxyl groups excluding tert-OH is 1. The second-order valence-electron chi connectivity index (χ2n) is 7.50. The number of aliphatic hydroxyl groups is 1. The van der Waals surface area contributed by atoms with E-state index in [1.54, 1.807) is 0 Å². The van der Waals surface area contributed by atoms with Crippen LogP contribution in [0.5, 0.6) is 5.75 Å². The van der Waals surface area contributed by atoms with Gasteiger partial charge >= 0.3 is 0 Å². The van der Waals surface area contributed by atoms with Gasteiger partial charge in [0.05, 0.1) is 23.7 Å². The normalized spacial score (nSPS) is 14.2. The quantitative estimate of drug-likeness (QED) is 0.587. The Morgan fingerprint density at radius 3 is 2.33 bits per heavy atom. The van der Waals surface area contributed by atoms with Gasteiger partial charge in [0.15, 0.2) is 0 Å². The van der Waals surface area contributed by atoms with Crippen molar-refractivity contribution in [2.45, 2.75) is 20.3 Å². The molecule has 0 atom stereocenters. The zero-order valence-corrected chi connectivity index (χ0v) is 18.2. The maximum atomic E-state index is 13.2. The van der Waals surface area contributed by atoms with E-state index >= 15 is 0 Å². The summed E-state index contributed by atoms with van der Waals surface area (Å²) in [6.45, 7) is 5.04. The maximum absolute atomic E-state index is 13.2. The van der Waals surface area contributed by atoms with E-state index in [0.717, 1.165) is 11.3 Å². The van der Waals surface area contributed by atoms with E-state index < -0.39 is 0 Å². The Morgan fingerprint density at radius 2 is 1.70 bits per heavy atom. The van der Waals surface area contributed by atoms with Crippen LogP contribution in [-0.4, -0.2) is 47.3 Å². The maximum Gasteiger partial charge on any atom is 0.267 e. The summed E-state index contributed by atoms with van der Waals surface area (Å²) in [5.74, 6) is 0.938. The average Bonchev–Trinajstić information content (AvgIpc) is 2.99. The van der Waals surface area contributed by atoms with Crippen LogP contribution in [-0.2, 0) is 16.0 Å².